The molecule has 0 aliphatic carbocycles. The van der Waals surface area contributed by atoms with Crippen LogP contribution in [0.5, 0.6) is 11.5 Å². The molecule has 7 heteroatoms. The van der Waals surface area contributed by atoms with Crippen molar-refractivity contribution in [3.8, 4) is 11.5 Å². The first-order valence-corrected chi connectivity index (χ1v) is 7.40. The smallest absolute Gasteiger partial charge is 0.416 e. The molecule has 25 heavy (non-hydrogen) atoms. The Morgan fingerprint density at radius 3 is 2.20 bits per heavy atom. The van der Waals surface area contributed by atoms with Crippen molar-refractivity contribution in [1.29, 1.82) is 0 Å². The second-order valence-electron chi connectivity index (χ2n) is 5.42. The van der Waals surface area contributed by atoms with E-state index in [2.05, 4.69) is 0 Å². The second kappa shape index (κ2) is 7.46. The standard InChI is InChI=1S/C18H18F3NO3/c1-22(11-12-4-6-13(7-5-12)18(19,20)21)17(23)15-9-8-14(24-2)10-16(15)25-3/h4-10H,11H2,1-3H3. The van der Waals surface area contributed by atoms with Crippen LogP contribution in [0.1, 0.15) is 21.5 Å². The Bertz CT molecular complexity index is 742. The highest BCUT2D eigenvalue weighted by atomic mass is 19.4. The fraction of sp³-hybridized carbons (Fsp3) is 0.278. The number of alkyl halides is 3. The van der Waals surface area contributed by atoms with Crippen LogP contribution in [0.25, 0.3) is 0 Å². The number of carbonyl (C=O) groups is 1. The number of halogens is 3. The van der Waals surface area contributed by atoms with Crippen molar-refractivity contribution in [3.05, 3.63) is 59.2 Å². The Kier molecular flexibility index (Phi) is 5.56. The number of rotatable bonds is 5. The van der Waals surface area contributed by atoms with Crippen molar-refractivity contribution in [3.63, 3.8) is 0 Å². The van der Waals surface area contributed by atoms with Gasteiger partial charge in [0.15, 0.2) is 0 Å². The van der Waals surface area contributed by atoms with E-state index in [1.54, 1.807) is 25.2 Å². The van der Waals surface area contributed by atoms with Crippen LogP contribution in [-0.2, 0) is 12.7 Å². The third-order valence-electron chi connectivity index (χ3n) is 3.69. The Balaban J connectivity index is 2.15. The van der Waals surface area contributed by atoms with Crippen LogP contribution >= 0.6 is 0 Å². The highest BCUT2D eigenvalue weighted by molar-refractivity contribution is 5.97. The monoisotopic (exact) mass is 353 g/mol. The van der Waals surface area contributed by atoms with E-state index in [-0.39, 0.29) is 12.5 Å². The van der Waals surface area contributed by atoms with Crippen LogP contribution in [0.4, 0.5) is 13.2 Å². The molecule has 0 aromatic heterocycles. The maximum Gasteiger partial charge on any atom is 0.416 e. The van der Waals surface area contributed by atoms with Crippen molar-refractivity contribution in [2.45, 2.75) is 12.7 Å². The largest absolute Gasteiger partial charge is 0.497 e. The maximum atomic E-state index is 12.6. The van der Waals surface area contributed by atoms with Gasteiger partial charge in [-0.25, -0.2) is 0 Å². The lowest BCUT2D eigenvalue weighted by atomic mass is 10.1. The highest BCUT2D eigenvalue weighted by Crippen LogP contribution is 2.29. The van der Waals surface area contributed by atoms with Crippen molar-refractivity contribution >= 4 is 5.91 Å². The highest BCUT2D eigenvalue weighted by Gasteiger charge is 2.30. The van der Waals surface area contributed by atoms with Crippen molar-refractivity contribution in [2.75, 3.05) is 21.3 Å². The Labute approximate surface area is 143 Å². The zero-order valence-corrected chi connectivity index (χ0v) is 14.1. The normalized spacial score (nSPS) is 11.1. The van der Waals surface area contributed by atoms with E-state index in [0.717, 1.165) is 12.1 Å². The summed E-state index contributed by atoms with van der Waals surface area (Å²) >= 11 is 0. The molecular weight excluding hydrogens is 335 g/mol. The molecule has 2 rings (SSSR count). The van der Waals surface area contributed by atoms with Crippen LogP contribution in [-0.4, -0.2) is 32.1 Å². The van der Waals surface area contributed by atoms with Crippen molar-refractivity contribution in [2.24, 2.45) is 0 Å². The van der Waals surface area contributed by atoms with Gasteiger partial charge in [0.05, 0.1) is 25.3 Å². The van der Waals surface area contributed by atoms with Gasteiger partial charge in [0, 0.05) is 19.7 Å². The number of benzene rings is 2. The molecule has 0 N–H and O–H groups in total. The molecule has 0 spiro atoms. The van der Waals surface area contributed by atoms with Gasteiger partial charge in [0.2, 0.25) is 0 Å². The second-order valence-corrected chi connectivity index (χ2v) is 5.42. The van der Waals surface area contributed by atoms with Gasteiger partial charge in [-0.05, 0) is 29.8 Å². The quantitative estimate of drug-likeness (QED) is 0.816. The van der Waals surface area contributed by atoms with E-state index in [9.17, 15) is 18.0 Å². The summed E-state index contributed by atoms with van der Waals surface area (Å²) in [6.07, 6.45) is -4.38. The lowest BCUT2D eigenvalue weighted by Crippen LogP contribution is -2.26. The van der Waals surface area contributed by atoms with Crippen molar-refractivity contribution < 1.29 is 27.4 Å². The van der Waals surface area contributed by atoms with E-state index in [4.69, 9.17) is 9.47 Å². The lowest BCUT2D eigenvalue weighted by Gasteiger charge is -2.19. The molecule has 0 bridgehead atoms. The SMILES string of the molecule is COc1ccc(C(=O)N(C)Cc2ccc(C(F)(F)F)cc2)c(OC)c1. The van der Waals surface area contributed by atoms with Gasteiger partial charge in [-0.2, -0.15) is 13.2 Å². The summed E-state index contributed by atoms with van der Waals surface area (Å²) in [5.41, 5.74) is 0.219. The van der Waals surface area contributed by atoms with Crippen LogP contribution < -0.4 is 9.47 Å². The third-order valence-corrected chi connectivity index (χ3v) is 3.69. The molecule has 0 radical (unpaired) electrons. The van der Waals surface area contributed by atoms with E-state index >= 15 is 0 Å². The summed E-state index contributed by atoms with van der Waals surface area (Å²) < 4.78 is 48.1. The van der Waals surface area contributed by atoms with Gasteiger partial charge >= 0.3 is 6.18 Å². The molecule has 4 nitrogen and oxygen atoms in total. The fourth-order valence-electron chi connectivity index (χ4n) is 2.33. The minimum atomic E-state index is -4.38. The first kappa shape index (κ1) is 18.6. The minimum Gasteiger partial charge on any atom is -0.497 e. The summed E-state index contributed by atoms with van der Waals surface area (Å²) in [5.74, 6) is 0.613. The maximum absolute atomic E-state index is 12.6. The summed E-state index contributed by atoms with van der Waals surface area (Å²) in [5, 5.41) is 0. The first-order chi connectivity index (χ1) is 11.8. The molecule has 1 amide bonds. The minimum absolute atomic E-state index is 0.173. The van der Waals surface area contributed by atoms with Gasteiger partial charge in [0.1, 0.15) is 11.5 Å². The number of ether oxygens (including phenoxy) is 2. The molecule has 0 aliphatic heterocycles. The number of carbonyl (C=O) groups excluding carboxylic acids is 1. The molecule has 0 heterocycles. The predicted molar refractivity (Wildman–Crippen MR) is 86.8 cm³/mol. The molecule has 0 aliphatic rings. The third kappa shape index (κ3) is 4.43. The molecule has 0 atom stereocenters. The average molecular weight is 353 g/mol. The molecule has 134 valence electrons. The molecule has 0 fully saturated rings. The zero-order valence-electron chi connectivity index (χ0n) is 14.1. The van der Waals surface area contributed by atoms with Crippen LogP contribution in [0.2, 0.25) is 0 Å². The first-order valence-electron chi connectivity index (χ1n) is 7.40. The lowest BCUT2D eigenvalue weighted by molar-refractivity contribution is -0.137. The summed E-state index contributed by atoms with van der Waals surface area (Å²) in [7, 11) is 4.53. The molecule has 0 saturated heterocycles. The topological polar surface area (TPSA) is 38.8 Å². The Hall–Kier alpha value is -2.70. The van der Waals surface area contributed by atoms with Crippen LogP contribution in [0.3, 0.4) is 0 Å². The number of nitrogens with zero attached hydrogens (tertiary/aromatic N) is 1. The predicted octanol–water partition coefficient (Wildman–Crippen LogP) is 3.99. The van der Waals surface area contributed by atoms with Crippen LogP contribution in [0.15, 0.2) is 42.5 Å². The van der Waals surface area contributed by atoms with Gasteiger partial charge in [-0.1, -0.05) is 12.1 Å². The molecular formula is C18H18F3NO3. The molecule has 0 saturated carbocycles. The summed E-state index contributed by atoms with van der Waals surface area (Å²) in [4.78, 5) is 14.0. The summed E-state index contributed by atoms with van der Waals surface area (Å²) in [6.45, 7) is 0.173. The number of methoxy groups -OCH3 is 2. The van der Waals surface area contributed by atoms with Gasteiger partial charge in [-0.15, -0.1) is 0 Å². The van der Waals surface area contributed by atoms with Crippen molar-refractivity contribution in [1.82, 2.24) is 4.90 Å². The van der Waals surface area contributed by atoms with E-state index in [1.807, 2.05) is 0 Å². The van der Waals surface area contributed by atoms with E-state index in [0.29, 0.717) is 22.6 Å². The van der Waals surface area contributed by atoms with E-state index < -0.39 is 11.7 Å². The Morgan fingerprint density at radius 2 is 1.68 bits per heavy atom. The Morgan fingerprint density at radius 1 is 1.04 bits per heavy atom. The number of hydrogen-bond donors (Lipinski definition) is 0. The van der Waals surface area contributed by atoms with Gasteiger partial charge < -0.3 is 14.4 Å². The fourth-order valence-corrected chi connectivity index (χ4v) is 2.33. The van der Waals surface area contributed by atoms with Gasteiger partial charge in [0.25, 0.3) is 5.91 Å². The summed E-state index contributed by atoms with van der Waals surface area (Å²) in [6, 6.07) is 9.54. The van der Waals surface area contributed by atoms with Crippen LogP contribution in [0, 0.1) is 0 Å². The molecule has 2 aromatic rings. The van der Waals surface area contributed by atoms with Gasteiger partial charge in [-0.3, -0.25) is 4.79 Å². The molecule has 0 unspecified atom stereocenters. The zero-order chi connectivity index (χ0) is 18.6. The number of amides is 1. The number of hydrogen-bond acceptors (Lipinski definition) is 3. The average Bonchev–Trinajstić information content (AvgIpc) is 2.60. The molecule has 2 aromatic carbocycles. The van der Waals surface area contributed by atoms with E-state index in [1.165, 1.54) is 31.3 Å².